The van der Waals surface area contributed by atoms with E-state index in [0.717, 1.165) is 16.8 Å². The van der Waals surface area contributed by atoms with Crippen LogP contribution in [0, 0.1) is 13.8 Å². The number of para-hydroxylation sites is 1. The molecule has 0 aliphatic carbocycles. The number of nitrogens with zero attached hydrogens (tertiary/aromatic N) is 3. The van der Waals surface area contributed by atoms with Crippen molar-refractivity contribution in [3.63, 3.8) is 0 Å². The van der Waals surface area contributed by atoms with Crippen LogP contribution >= 0.6 is 0 Å². The number of carbonyl (C=O) groups is 2. The van der Waals surface area contributed by atoms with Gasteiger partial charge >= 0.3 is 0 Å². The quantitative estimate of drug-likeness (QED) is 0.596. The molecule has 1 atom stereocenters. The van der Waals surface area contributed by atoms with Crippen molar-refractivity contribution in [2.75, 3.05) is 26.2 Å². The number of rotatable bonds is 6. The van der Waals surface area contributed by atoms with Gasteiger partial charge in [-0.25, -0.2) is 0 Å². The largest absolute Gasteiger partial charge is 0.476 e. The van der Waals surface area contributed by atoms with Crippen molar-refractivity contribution in [3.05, 3.63) is 83.2 Å². The molecule has 2 amide bonds. The number of benzene rings is 2. The molecule has 1 saturated heterocycles. The molecule has 1 aliphatic heterocycles. The fraction of sp³-hybridized carbons (Fsp3) is 0.320. The standard InChI is InChI=1S/C25H27N3O4/c1-18-22(19(2)32-26-18)17-23(29)27-13-15-28(16-14-27)25(30)24(20-9-5-3-6-10-20)31-21-11-7-4-8-12-21/h3-12,24H,13-17H2,1-2H3. The van der Waals surface area contributed by atoms with Gasteiger partial charge in [-0.2, -0.15) is 0 Å². The summed E-state index contributed by atoms with van der Waals surface area (Å²) in [6.45, 7) is 5.56. The first-order chi connectivity index (χ1) is 15.5. The van der Waals surface area contributed by atoms with Crippen LogP contribution in [0.2, 0.25) is 0 Å². The average molecular weight is 434 g/mol. The van der Waals surface area contributed by atoms with Crippen LogP contribution in [0.25, 0.3) is 0 Å². The Morgan fingerprint density at radius 1 is 0.938 bits per heavy atom. The summed E-state index contributed by atoms with van der Waals surface area (Å²) in [4.78, 5) is 29.7. The molecular formula is C25H27N3O4. The van der Waals surface area contributed by atoms with Crippen LogP contribution in [0.3, 0.4) is 0 Å². The van der Waals surface area contributed by atoms with Crippen molar-refractivity contribution < 1.29 is 18.8 Å². The Bertz CT molecular complexity index is 1040. The van der Waals surface area contributed by atoms with E-state index in [2.05, 4.69) is 5.16 Å². The molecule has 3 aromatic rings. The van der Waals surface area contributed by atoms with Crippen LogP contribution < -0.4 is 4.74 Å². The van der Waals surface area contributed by atoms with Gasteiger partial charge in [-0.05, 0) is 26.0 Å². The van der Waals surface area contributed by atoms with Gasteiger partial charge in [-0.1, -0.05) is 53.7 Å². The van der Waals surface area contributed by atoms with E-state index < -0.39 is 6.10 Å². The van der Waals surface area contributed by atoms with Crippen LogP contribution in [-0.2, 0) is 16.0 Å². The van der Waals surface area contributed by atoms with Crippen molar-refractivity contribution in [3.8, 4) is 5.75 Å². The maximum atomic E-state index is 13.4. The number of carbonyl (C=O) groups excluding carboxylic acids is 2. The highest BCUT2D eigenvalue weighted by Crippen LogP contribution is 2.25. The summed E-state index contributed by atoms with van der Waals surface area (Å²) in [5.41, 5.74) is 2.39. The molecule has 0 bridgehead atoms. The lowest BCUT2D eigenvalue weighted by Crippen LogP contribution is -2.52. The van der Waals surface area contributed by atoms with Crippen molar-refractivity contribution in [1.82, 2.24) is 15.0 Å². The number of amides is 2. The van der Waals surface area contributed by atoms with Gasteiger partial charge in [-0.15, -0.1) is 0 Å². The van der Waals surface area contributed by atoms with Gasteiger partial charge in [0.25, 0.3) is 5.91 Å². The van der Waals surface area contributed by atoms with Gasteiger partial charge in [0.2, 0.25) is 12.0 Å². The molecule has 166 valence electrons. The Morgan fingerprint density at radius 3 is 2.12 bits per heavy atom. The molecule has 0 N–H and O–H groups in total. The van der Waals surface area contributed by atoms with E-state index in [0.29, 0.717) is 37.7 Å². The SMILES string of the molecule is Cc1noc(C)c1CC(=O)N1CCN(C(=O)C(Oc2ccccc2)c2ccccc2)CC1. The maximum absolute atomic E-state index is 13.4. The molecule has 2 aromatic carbocycles. The smallest absolute Gasteiger partial charge is 0.268 e. The van der Waals surface area contributed by atoms with Crippen molar-refractivity contribution >= 4 is 11.8 Å². The van der Waals surface area contributed by atoms with E-state index in [1.165, 1.54) is 0 Å². The second-order valence-electron chi connectivity index (χ2n) is 7.91. The molecule has 32 heavy (non-hydrogen) atoms. The molecule has 1 aliphatic rings. The van der Waals surface area contributed by atoms with Gasteiger partial charge < -0.3 is 19.1 Å². The molecule has 0 spiro atoms. The fourth-order valence-electron chi connectivity index (χ4n) is 3.88. The van der Waals surface area contributed by atoms with Crippen LogP contribution in [0.5, 0.6) is 5.75 Å². The van der Waals surface area contributed by atoms with E-state index in [4.69, 9.17) is 9.26 Å². The summed E-state index contributed by atoms with van der Waals surface area (Å²) in [5, 5.41) is 3.92. The molecule has 0 saturated carbocycles. The Balaban J connectivity index is 1.41. The summed E-state index contributed by atoms with van der Waals surface area (Å²) in [5.74, 6) is 1.24. The van der Waals surface area contributed by atoms with Crippen LogP contribution in [0.15, 0.2) is 65.2 Å². The molecule has 7 nitrogen and oxygen atoms in total. The summed E-state index contributed by atoms with van der Waals surface area (Å²) >= 11 is 0. The van der Waals surface area contributed by atoms with E-state index >= 15 is 0 Å². The van der Waals surface area contributed by atoms with Gasteiger partial charge in [0.05, 0.1) is 12.1 Å². The van der Waals surface area contributed by atoms with Crippen molar-refractivity contribution in [2.45, 2.75) is 26.4 Å². The molecule has 1 fully saturated rings. The molecule has 0 radical (unpaired) electrons. The lowest BCUT2D eigenvalue weighted by Gasteiger charge is -2.36. The van der Waals surface area contributed by atoms with Crippen molar-refractivity contribution in [2.24, 2.45) is 0 Å². The number of hydrogen-bond donors (Lipinski definition) is 0. The summed E-state index contributed by atoms with van der Waals surface area (Å²) in [6.07, 6.45) is -0.470. The zero-order valence-electron chi connectivity index (χ0n) is 18.4. The fourth-order valence-corrected chi connectivity index (χ4v) is 3.88. The third-order valence-corrected chi connectivity index (χ3v) is 5.78. The lowest BCUT2D eigenvalue weighted by atomic mass is 10.1. The van der Waals surface area contributed by atoms with Crippen LogP contribution in [0.1, 0.15) is 28.7 Å². The second kappa shape index (κ2) is 9.68. The first-order valence-electron chi connectivity index (χ1n) is 10.8. The predicted octanol–water partition coefficient (Wildman–Crippen LogP) is 3.33. The Labute approximate surface area is 187 Å². The lowest BCUT2D eigenvalue weighted by molar-refractivity contribution is -0.144. The Hall–Kier alpha value is -3.61. The Kier molecular flexibility index (Phi) is 6.54. The number of ether oxygens (including phenoxy) is 1. The minimum absolute atomic E-state index is 0.0200. The zero-order chi connectivity index (χ0) is 22.5. The molecule has 1 unspecified atom stereocenters. The summed E-state index contributed by atoms with van der Waals surface area (Å²) in [6, 6.07) is 18.9. The Morgan fingerprint density at radius 2 is 1.53 bits per heavy atom. The first-order valence-corrected chi connectivity index (χ1v) is 10.8. The zero-order valence-corrected chi connectivity index (χ0v) is 18.4. The van der Waals surface area contributed by atoms with Gasteiger partial charge in [0.1, 0.15) is 11.5 Å². The third kappa shape index (κ3) is 4.82. The predicted molar refractivity (Wildman–Crippen MR) is 119 cm³/mol. The molecule has 1 aromatic heterocycles. The van der Waals surface area contributed by atoms with E-state index in [1.807, 2.05) is 74.5 Å². The van der Waals surface area contributed by atoms with Crippen LogP contribution in [-0.4, -0.2) is 52.9 Å². The van der Waals surface area contributed by atoms with Gasteiger partial charge in [0.15, 0.2) is 0 Å². The van der Waals surface area contributed by atoms with E-state index in [1.54, 1.807) is 9.80 Å². The molecular weight excluding hydrogens is 406 g/mol. The van der Waals surface area contributed by atoms with E-state index in [9.17, 15) is 9.59 Å². The molecule has 4 rings (SSSR count). The summed E-state index contributed by atoms with van der Waals surface area (Å²) < 4.78 is 11.3. The molecule has 2 heterocycles. The number of hydrogen-bond acceptors (Lipinski definition) is 5. The topological polar surface area (TPSA) is 75.9 Å². The average Bonchev–Trinajstić information content (AvgIpc) is 3.15. The maximum Gasteiger partial charge on any atom is 0.268 e. The minimum atomic E-state index is -0.733. The monoisotopic (exact) mass is 433 g/mol. The summed E-state index contributed by atoms with van der Waals surface area (Å²) in [7, 11) is 0. The highest BCUT2D eigenvalue weighted by Gasteiger charge is 2.31. The number of aromatic nitrogens is 1. The van der Waals surface area contributed by atoms with Crippen LogP contribution in [0.4, 0.5) is 0 Å². The second-order valence-corrected chi connectivity index (χ2v) is 7.91. The number of piperazine rings is 1. The van der Waals surface area contributed by atoms with Gasteiger partial charge in [-0.3, -0.25) is 9.59 Å². The third-order valence-electron chi connectivity index (χ3n) is 5.78. The normalized spacial score (nSPS) is 14.8. The molecule has 7 heteroatoms. The highest BCUT2D eigenvalue weighted by molar-refractivity contribution is 5.83. The first kappa shape index (κ1) is 21.6. The van der Waals surface area contributed by atoms with Crippen molar-refractivity contribution in [1.29, 1.82) is 0 Å². The highest BCUT2D eigenvalue weighted by atomic mass is 16.5. The van der Waals surface area contributed by atoms with E-state index in [-0.39, 0.29) is 18.2 Å². The number of aryl methyl sites for hydroxylation is 2. The minimum Gasteiger partial charge on any atom is -0.476 e. The van der Waals surface area contributed by atoms with Gasteiger partial charge in [0, 0.05) is 37.3 Å².